The summed E-state index contributed by atoms with van der Waals surface area (Å²) in [6.07, 6.45) is 1.74. The van der Waals surface area contributed by atoms with Crippen LogP contribution in [-0.4, -0.2) is 34.3 Å². The summed E-state index contributed by atoms with van der Waals surface area (Å²) >= 11 is 1.53. The molecule has 2 N–H and O–H groups in total. The molecular weight excluding hydrogens is 436 g/mol. The Hall–Kier alpha value is -4.04. The number of rotatable bonds is 5. The first-order chi connectivity index (χ1) is 15.9. The first-order valence-electron chi connectivity index (χ1n) is 10.4. The van der Waals surface area contributed by atoms with E-state index in [2.05, 4.69) is 15.6 Å². The Balaban J connectivity index is 1.30. The van der Waals surface area contributed by atoms with Gasteiger partial charge in [-0.05, 0) is 53.6 Å². The summed E-state index contributed by atoms with van der Waals surface area (Å²) in [5, 5.41) is 10.3. The number of carbonyl (C=O) groups is 3. The first-order valence-corrected chi connectivity index (χ1v) is 11.3. The lowest BCUT2D eigenvalue weighted by Gasteiger charge is -2.22. The fourth-order valence-corrected chi connectivity index (χ4v) is 4.59. The molecule has 1 unspecified atom stereocenters. The van der Waals surface area contributed by atoms with E-state index >= 15 is 0 Å². The van der Waals surface area contributed by atoms with E-state index in [4.69, 9.17) is 0 Å². The molecule has 2 heterocycles. The molecule has 164 valence electrons. The summed E-state index contributed by atoms with van der Waals surface area (Å²) in [5.74, 6) is -0.916. The summed E-state index contributed by atoms with van der Waals surface area (Å²) < 4.78 is 0. The molecule has 0 radical (unpaired) electrons. The molecule has 7 nitrogen and oxygen atoms in total. The van der Waals surface area contributed by atoms with Crippen LogP contribution in [0.5, 0.6) is 0 Å². The Kier molecular flexibility index (Phi) is 5.14. The maximum atomic E-state index is 13.2. The van der Waals surface area contributed by atoms with Gasteiger partial charge < -0.3 is 10.6 Å². The van der Waals surface area contributed by atoms with Crippen LogP contribution >= 0.6 is 11.3 Å². The molecular formula is C25H20N4O3S. The number of anilines is 1. The van der Waals surface area contributed by atoms with Crippen LogP contribution in [0.25, 0.3) is 21.3 Å². The third kappa shape index (κ3) is 3.85. The van der Waals surface area contributed by atoms with Gasteiger partial charge in [0.25, 0.3) is 5.91 Å². The second-order valence-corrected chi connectivity index (χ2v) is 8.87. The van der Waals surface area contributed by atoms with E-state index < -0.39 is 23.4 Å². The number of thiazole rings is 1. The van der Waals surface area contributed by atoms with Gasteiger partial charge in [-0.25, -0.2) is 9.78 Å². The molecule has 0 spiro atoms. The van der Waals surface area contributed by atoms with Crippen LogP contribution < -0.4 is 10.6 Å². The van der Waals surface area contributed by atoms with Crippen molar-refractivity contribution in [1.82, 2.24) is 15.2 Å². The van der Waals surface area contributed by atoms with Crippen molar-refractivity contribution >= 4 is 45.6 Å². The minimum absolute atomic E-state index is 0.373. The standard InChI is InChI=1S/C25H20N4O3S/c1-25(19-9-6-16-4-2-3-5-18(16)14-19)23(31)29(24(32)28-25)15-21(30)27-20-10-7-17(8-11-20)22-26-12-13-33-22/h2-14H,15H2,1H3,(H,27,30)(H,28,32). The summed E-state index contributed by atoms with van der Waals surface area (Å²) in [6.45, 7) is 1.29. The maximum Gasteiger partial charge on any atom is 0.325 e. The van der Waals surface area contributed by atoms with E-state index in [1.807, 2.05) is 60.0 Å². The Bertz CT molecular complexity index is 1370. The summed E-state index contributed by atoms with van der Waals surface area (Å²) in [4.78, 5) is 43.6. The van der Waals surface area contributed by atoms with Crippen LogP contribution in [0.15, 0.2) is 78.3 Å². The average molecular weight is 457 g/mol. The molecule has 5 rings (SSSR count). The predicted molar refractivity (Wildman–Crippen MR) is 128 cm³/mol. The fourth-order valence-electron chi connectivity index (χ4n) is 3.94. The molecule has 1 fully saturated rings. The number of nitrogens with one attached hydrogen (secondary N) is 2. The lowest BCUT2D eigenvalue weighted by molar-refractivity contribution is -0.133. The molecule has 1 aliphatic rings. The molecule has 0 saturated carbocycles. The van der Waals surface area contributed by atoms with Crippen molar-refractivity contribution in [3.05, 3.63) is 83.9 Å². The van der Waals surface area contributed by atoms with Gasteiger partial charge in [-0.15, -0.1) is 11.3 Å². The fraction of sp³-hybridized carbons (Fsp3) is 0.120. The number of benzene rings is 3. The van der Waals surface area contributed by atoms with Crippen molar-refractivity contribution in [3.8, 4) is 10.6 Å². The third-order valence-corrected chi connectivity index (χ3v) is 6.57. The highest BCUT2D eigenvalue weighted by Gasteiger charge is 2.49. The normalized spacial score (nSPS) is 17.9. The molecule has 1 aliphatic heterocycles. The molecule has 1 aromatic heterocycles. The quantitative estimate of drug-likeness (QED) is 0.436. The van der Waals surface area contributed by atoms with Crippen LogP contribution in [0.1, 0.15) is 12.5 Å². The number of amides is 4. The monoisotopic (exact) mass is 456 g/mol. The van der Waals surface area contributed by atoms with E-state index in [-0.39, 0.29) is 6.54 Å². The van der Waals surface area contributed by atoms with Crippen LogP contribution in [0.2, 0.25) is 0 Å². The van der Waals surface area contributed by atoms with Crippen molar-refractivity contribution < 1.29 is 14.4 Å². The van der Waals surface area contributed by atoms with Crippen molar-refractivity contribution in [1.29, 1.82) is 0 Å². The topological polar surface area (TPSA) is 91.4 Å². The molecule has 1 saturated heterocycles. The first kappa shape index (κ1) is 20.8. The van der Waals surface area contributed by atoms with Crippen LogP contribution in [0.4, 0.5) is 10.5 Å². The Labute approximate surface area is 194 Å². The van der Waals surface area contributed by atoms with Gasteiger partial charge in [-0.2, -0.15) is 0 Å². The molecule has 33 heavy (non-hydrogen) atoms. The Morgan fingerprint density at radius 3 is 2.55 bits per heavy atom. The summed E-state index contributed by atoms with van der Waals surface area (Å²) in [7, 11) is 0. The predicted octanol–water partition coefficient (Wildman–Crippen LogP) is 4.37. The van der Waals surface area contributed by atoms with Gasteiger partial charge in [0.15, 0.2) is 0 Å². The van der Waals surface area contributed by atoms with Crippen LogP contribution in [0.3, 0.4) is 0 Å². The van der Waals surface area contributed by atoms with E-state index in [0.717, 1.165) is 26.2 Å². The van der Waals surface area contributed by atoms with Gasteiger partial charge in [-0.3, -0.25) is 14.5 Å². The second-order valence-electron chi connectivity index (χ2n) is 7.97. The van der Waals surface area contributed by atoms with E-state index in [1.165, 1.54) is 11.3 Å². The van der Waals surface area contributed by atoms with Gasteiger partial charge >= 0.3 is 6.03 Å². The zero-order chi connectivity index (χ0) is 23.0. The zero-order valence-electron chi connectivity index (χ0n) is 17.7. The van der Waals surface area contributed by atoms with Crippen molar-refractivity contribution in [2.45, 2.75) is 12.5 Å². The van der Waals surface area contributed by atoms with E-state index in [1.54, 1.807) is 25.3 Å². The SMILES string of the molecule is CC1(c2ccc3ccccc3c2)NC(=O)N(CC(=O)Nc2ccc(-c3nccs3)cc2)C1=O. The number of fused-ring (bicyclic) bond motifs is 1. The smallest absolute Gasteiger partial charge is 0.325 e. The zero-order valence-corrected chi connectivity index (χ0v) is 18.6. The number of nitrogens with zero attached hydrogens (tertiary/aromatic N) is 2. The molecule has 0 aliphatic carbocycles. The maximum absolute atomic E-state index is 13.2. The van der Waals surface area contributed by atoms with Gasteiger partial charge in [0, 0.05) is 22.8 Å². The number of hydrogen-bond donors (Lipinski definition) is 2. The number of hydrogen-bond acceptors (Lipinski definition) is 5. The lowest BCUT2D eigenvalue weighted by atomic mass is 9.90. The molecule has 0 bridgehead atoms. The molecule has 1 atom stereocenters. The number of urea groups is 1. The summed E-state index contributed by atoms with van der Waals surface area (Å²) in [6, 6.07) is 20.1. The van der Waals surface area contributed by atoms with Crippen LogP contribution in [0, 0.1) is 0 Å². The van der Waals surface area contributed by atoms with Crippen LogP contribution in [-0.2, 0) is 15.1 Å². The largest absolute Gasteiger partial charge is 0.325 e. The lowest BCUT2D eigenvalue weighted by Crippen LogP contribution is -2.42. The Morgan fingerprint density at radius 1 is 1.06 bits per heavy atom. The van der Waals surface area contributed by atoms with Gasteiger partial charge in [0.2, 0.25) is 5.91 Å². The number of aromatic nitrogens is 1. The Morgan fingerprint density at radius 2 is 1.82 bits per heavy atom. The van der Waals surface area contributed by atoms with Gasteiger partial charge in [-0.1, -0.05) is 36.4 Å². The highest BCUT2D eigenvalue weighted by Crippen LogP contribution is 2.31. The van der Waals surface area contributed by atoms with E-state index in [0.29, 0.717) is 11.3 Å². The minimum Gasteiger partial charge on any atom is -0.325 e. The third-order valence-electron chi connectivity index (χ3n) is 5.75. The van der Waals surface area contributed by atoms with Crippen molar-refractivity contribution in [2.24, 2.45) is 0 Å². The van der Waals surface area contributed by atoms with Gasteiger partial charge in [0.05, 0.1) is 0 Å². The molecule has 3 aromatic carbocycles. The highest BCUT2D eigenvalue weighted by atomic mass is 32.1. The minimum atomic E-state index is -1.24. The number of carbonyl (C=O) groups excluding carboxylic acids is 3. The molecule has 4 aromatic rings. The summed E-state index contributed by atoms with van der Waals surface area (Å²) in [5.41, 5.74) is 0.949. The van der Waals surface area contributed by atoms with E-state index in [9.17, 15) is 14.4 Å². The highest BCUT2D eigenvalue weighted by molar-refractivity contribution is 7.13. The van der Waals surface area contributed by atoms with Gasteiger partial charge in [0.1, 0.15) is 17.1 Å². The second kappa shape index (κ2) is 8.14. The average Bonchev–Trinajstić information content (AvgIpc) is 3.43. The van der Waals surface area contributed by atoms with Crippen molar-refractivity contribution in [2.75, 3.05) is 11.9 Å². The van der Waals surface area contributed by atoms with Crippen molar-refractivity contribution in [3.63, 3.8) is 0 Å². The number of imide groups is 1. The molecule has 8 heteroatoms. The molecule has 4 amide bonds.